The zero-order chi connectivity index (χ0) is 20.2. The molecule has 1 aromatic heterocycles. The molecule has 2 aromatic rings. The van der Waals surface area contributed by atoms with Gasteiger partial charge in [-0.25, -0.2) is 4.39 Å². The number of amides is 2. The van der Waals surface area contributed by atoms with Gasteiger partial charge in [0.25, 0.3) is 5.91 Å². The van der Waals surface area contributed by atoms with Gasteiger partial charge in [-0.05, 0) is 56.4 Å². The molecule has 1 saturated carbocycles. The van der Waals surface area contributed by atoms with Crippen molar-refractivity contribution in [3.63, 3.8) is 0 Å². The first kappa shape index (κ1) is 19.6. The molecule has 1 unspecified atom stereocenters. The summed E-state index contributed by atoms with van der Waals surface area (Å²) in [4.78, 5) is 31.6. The lowest BCUT2D eigenvalue weighted by atomic mass is 9.84. The van der Waals surface area contributed by atoms with Crippen molar-refractivity contribution in [3.8, 4) is 11.3 Å². The topological polar surface area (TPSA) is 62.3 Å². The van der Waals surface area contributed by atoms with Crippen molar-refractivity contribution in [2.24, 2.45) is 5.92 Å². The molecule has 1 saturated heterocycles. The highest BCUT2D eigenvalue weighted by atomic mass is 19.1. The van der Waals surface area contributed by atoms with E-state index in [1.807, 2.05) is 4.90 Å². The number of carbonyl (C=O) groups excluding carboxylic acids is 2. The van der Waals surface area contributed by atoms with Crippen LogP contribution in [0.25, 0.3) is 11.3 Å². The molecule has 2 aliphatic rings. The number of nitrogens with one attached hydrogen (secondary N) is 1. The second-order valence-corrected chi connectivity index (χ2v) is 8.01. The minimum atomic E-state index is -0.318. The summed E-state index contributed by atoms with van der Waals surface area (Å²) in [6.07, 6.45) is 7.16. The molecule has 2 heterocycles. The number of rotatable bonds is 4. The number of halogens is 1. The monoisotopic (exact) mass is 395 g/mol. The summed E-state index contributed by atoms with van der Waals surface area (Å²) in [6, 6.07) is 9.66. The van der Waals surface area contributed by atoms with E-state index in [0.717, 1.165) is 45.2 Å². The summed E-state index contributed by atoms with van der Waals surface area (Å²) in [5.41, 5.74) is 1.76. The Labute approximate surface area is 170 Å². The van der Waals surface area contributed by atoms with E-state index in [0.29, 0.717) is 23.2 Å². The standard InChI is InChI=1S/C23H26FN3O2/c24-19-7-3-5-16(13-19)21-10-9-18(15-25-21)22(28)26-20-8-4-6-17(14-20)23(29)27-11-1-2-12-27/h3,5,7,9-10,13,15,17,20H,1-2,4,6,8,11-12,14H2,(H,26,28)/t17-,20?/m1/s1. The van der Waals surface area contributed by atoms with Gasteiger partial charge in [-0.2, -0.15) is 0 Å². The van der Waals surface area contributed by atoms with Crippen LogP contribution >= 0.6 is 0 Å². The van der Waals surface area contributed by atoms with Crippen LogP contribution in [0.1, 0.15) is 48.9 Å². The molecule has 0 bridgehead atoms. The van der Waals surface area contributed by atoms with Gasteiger partial charge in [0, 0.05) is 36.8 Å². The van der Waals surface area contributed by atoms with Crippen LogP contribution in [0.4, 0.5) is 4.39 Å². The summed E-state index contributed by atoms with van der Waals surface area (Å²) < 4.78 is 13.4. The van der Waals surface area contributed by atoms with Gasteiger partial charge in [0.15, 0.2) is 0 Å². The van der Waals surface area contributed by atoms with E-state index < -0.39 is 0 Å². The van der Waals surface area contributed by atoms with E-state index in [1.54, 1.807) is 24.3 Å². The number of nitrogens with zero attached hydrogens (tertiary/aromatic N) is 2. The fraction of sp³-hybridized carbons (Fsp3) is 0.435. The lowest BCUT2D eigenvalue weighted by Crippen LogP contribution is -2.43. The van der Waals surface area contributed by atoms with Crippen molar-refractivity contribution in [2.45, 2.75) is 44.6 Å². The molecule has 152 valence electrons. The molecule has 2 amide bonds. The Kier molecular flexibility index (Phi) is 5.88. The highest BCUT2D eigenvalue weighted by Gasteiger charge is 2.32. The summed E-state index contributed by atoms with van der Waals surface area (Å²) >= 11 is 0. The normalized spacial score (nSPS) is 21.8. The lowest BCUT2D eigenvalue weighted by molar-refractivity contribution is -0.135. The smallest absolute Gasteiger partial charge is 0.253 e. The van der Waals surface area contributed by atoms with E-state index in [1.165, 1.54) is 18.3 Å². The van der Waals surface area contributed by atoms with E-state index in [4.69, 9.17) is 0 Å². The number of likely N-dealkylation sites (tertiary alicyclic amines) is 1. The van der Waals surface area contributed by atoms with E-state index in [2.05, 4.69) is 10.3 Å². The Balaban J connectivity index is 1.36. The van der Waals surface area contributed by atoms with Crippen LogP contribution < -0.4 is 5.32 Å². The van der Waals surface area contributed by atoms with Crippen LogP contribution in [0.15, 0.2) is 42.6 Å². The van der Waals surface area contributed by atoms with Crippen LogP contribution in [0.3, 0.4) is 0 Å². The quantitative estimate of drug-likeness (QED) is 0.857. The molecule has 0 spiro atoms. The summed E-state index contributed by atoms with van der Waals surface area (Å²) in [7, 11) is 0. The van der Waals surface area contributed by atoms with Gasteiger partial charge < -0.3 is 10.2 Å². The molecule has 1 aromatic carbocycles. The zero-order valence-corrected chi connectivity index (χ0v) is 16.4. The van der Waals surface area contributed by atoms with Crippen molar-refractivity contribution >= 4 is 11.8 Å². The molecular weight excluding hydrogens is 369 g/mol. The van der Waals surface area contributed by atoms with Crippen LogP contribution in [0.2, 0.25) is 0 Å². The number of aromatic nitrogens is 1. The van der Waals surface area contributed by atoms with Gasteiger partial charge in [-0.15, -0.1) is 0 Å². The fourth-order valence-corrected chi connectivity index (χ4v) is 4.36. The molecule has 4 rings (SSSR count). The molecule has 1 N–H and O–H groups in total. The fourth-order valence-electron chi connectivity index (χ4n) is 4.36. The van der Waals surface area contributed by atoms with Crippen molar-refractivity contribution in [1.29, 1.82) is 0 Å². The first-order valence-corrected chi connectivity index (χ1v) is 10.4. The number of hydrogen-bond acceptors (Lipinski definition) is 3. The first-order chi connectivity index (χ1) is 14.1. The van der Waals surface area contributed by atoms with Gasteiger partial charge in [-0.1, -0.05) is 18.6 Å². The van der Waals surface area contributed by atoms with Gasteiger partial charge >= 0.3 is 0 Å². The van der Waals surface area contributed by atoms with Crippen molar-refractivity contribution in [2.75, 3.05) is 13.1 Å². The largest absolute Gasteiger partial charge is 0.349 e. The zero-order valence-electron chi connectivity index (χ0n) is 16.4. The second-order valence-electron chi connectivity index (χ2n) is 8.01. The Morgan fingerprint density at radius 1 is 1.07 bits per heavy atom. The predicted molar refractivity (Wildman–Crippen MR) is 109 cm³/mol. The average Bonchev–Trinajstić information content (AvgIpc) is 3.28. The summed E-state index contributed by atoms with van der Waals surface area (Å²) in [6.45, 7) is 1.74. The average molecular weight is 395 g/mol. The molecule has 5 nitrogen and oxygen atoms in total. The van der Waals surface area contributed by atoms with Crippen LogP contribution in [0.5, 0.6) is 0 Å². The van der Waals surface area contributed by atoms with Gasteiger partial charge in [0.2, 0.25) is 5.91 Å². The molecule has 0 radical (unpaired) electrons. The predicted octanol–water partition coefficient (Wildman–Crippen LogP) is 3.80. The summed E-state index contributed by atoms with van der Waals surface area (Å²) in [5, 5.41) is 3.07. The Hall–Kier alpha value is -2.76. The molecule has 1 aliphatic heterocycles. The summed E-state index contributed by atoms with van der Waals surface area (Å²) in [5.74, 6) is -0.229. The minimum absolute atomic E-state index is 0.00991. The maximum atomic E-state index is 13.4. The Bertz CT molecular complexity index is 878. The third-order valence-electron chi connectivity index (χ3n) is 5.92. The van der Waals surface area contributed by atoms with Gasteiger partial charge in [-0.3, -0.25) is 14.6 Å². The maximum absolute atomic E-state index is 13.4. The number of pyridine rings is 1. The minimum Gasteiger partial charge on any atom is -0.349 e. The first-order valence-electron chi connectivity index (χ1n) is 10.4. The number of carbonyl (C=O) groups is 2. The molecule has 1 aliphatic carbocycles. The SMILES string of the molecule is O=C(NC1CCC[C@@H](C(=O)N2CCCC2)C1)c1ccc(-c2cccc(F)c2)nc1. The molecular formula is C23H26FN3O2. The Morgan fingerprint density at radius 2 is 1.90 bits per heavy atom. The van der Waals surface area contributed by atoms with E-state index in [9.17, 15) is 14.0 Å². The van der Waals surface area contributed by atoms with Gasteiger partial charge in [0.05, 0.1) is 11.3 Å². The van der Waals surface area contributed by atoms with Crippen LogP contribution in [0, 0.1) is 11.7 Å². The number of hydrogen-bond donors (Lipinski definition) is 1. The van der Waals surface area contributed by atoms with Gasteiger partial charge in [0.1, 0.15) is 5.82 Å². The highest BCUT2D eigenvalue weighted by Crippen LogP contribution is 2.27. The highest BCUT2D eigenvalue weighted by molar-refractivity contribution is 5.94. The molecule has 2 fully saturated rings. The van der Waals surface area contributed by atoms with Crippen LogP contribution in [-0.2, 0) is 4.79 Å². The van der Waals surface area contributed by atoms with Crippen molar-refractivity contribution in [1.82, 2.24) is 15.2 Å². The molecule has 2 atom stereocenters. The Morgan fingerprint density at radius 3 is 2.62 bits per heavy atom. The van der Waals surface area contributed by atoms with Crippen molar-refractivity contribution < 1.29 is 14.0 Å². The maximum Gasteiger partial charge on any atom is 0.253 e. The van der Waals surface area contributed by atoms with Crippen molar-refractivity contribution in [3.05, 3.63) is 54.0 Å². The third-order valence-corrected chi connectivity index (χ3v) is 5.92. The van der Waals surface area contributed by atoms with Crippen LogP contribution in [-0.4, -0.2) is 40.8 Å². The third kappa shape index (κ3) is 4.63. The second kappa shape index (κ2) is 8.72. The van der Waals surface area contributed by atoms with E-state index >= 15 is 0 Å². The number of benzene rings is 1. The van der Waals surface area contributed by atoms with E-state index in [-0.39, 0.29) is 29.6 Å². The molecule has 6 heteroatoms. The lowest BCUT2D eigenvalue weighted by Gasteiger charge is -2.31. The molecule has 29 heavy (non-hydrogen) atoms.